The monoisotopic (exact) mass is 391 g/mol. The number of rotatable bonds is 4. The van der Waals surface area contributed by atoms with Gasteiger partial charge in [0.2, 0.25) is 0 Å². The lowest BCUT2D eigenvalue weighted by molar-refractivity contribution is -0.141. The van der Waals surface area contributed by atoms with E-state index in [1.54, 1.807) is 24.3 Å². The van der Waals surface area contributed by atoms with Gasteiger partial charge in [-0.2, -0.15) is 13.2 Å². The number of benzene rings is 1. The van der Waals surface area contributed by atoms with Crippen LogP contribution >= 0.6 is 0 Å². The van der Waals surface area contributed by atoms with Crippen molar-refractivity contribution in [1.29, 1.82) is 0 Å². The molecule has 0 aliphatic carbocycles. The van der Waals surface area contributed by atoms with Crippen LogP contribution in [-0.2, 0) is 6.18 Å². The van der Waals surface area contributed by atoms with Crippen LogP contribution < -0.4 is 10.1 Å². The summed E-state index contributed by atoms with van der Waals surface area (Å²) in [7, 11) is 0. The number of fused-ring (bicyclic) bond motifs is 2. The first kappa shape index (κ1) is 18.7. The van der Waals surface area contributed by atoms with Crippen LogP contribution in [0.25, 0.3) is 0 Å². The van der Waals surface area contributed by atoms with E-state index in [0.29, 0.717) is 17.2 Å². The van der Waals surface area contributed by atoms with Crippen LogP contribution in [0.15, 0.2) is 42.6 Å². The number of carbonyl (C=O) groups excluding carboxylic acids is 1. The van der Waals surface area contributed by atoms with Crippen molar-refractivity contribution >= 4 is 5.91 Å². The molecular formula is C20H20F3N3O2. The van der Waals surface area contributed by atoms with Crippen molar-refractivity contribution < 1.29 is 22.7 Å². The molecule has 3 heterocycles. The number of carbonyl (C=O) groups is 1. The number of ether oxygens (including phenoxy) is 1. The van der Waals surface area contributed by atoms with Crippen molar-refractivity contribution in [3.8, 4) is 11.5 Å². The third kappa shape index (κ3) is 4.27. The second-order valence-corrected chi connectivity index (χ2v) is 7.32. The van der Waals surface area contributed by atoms with Crippen LogP contribution in [0, 0.1) is 5.92 Å². The third-order valence-electron chi connectivity index (χ3n) is 5.18. The molecule has 28 heavy (non-hydrogen) atoms. The maximum atomic E-state index is 12.5. The Kier molecular flexibility index (Phi) is 4.97. The van der Waals surface area contributed by atoms with Gasteiger partial charge in [-0.1, -0.05) is 0 Å². The highest BCUT2D eigenvalue weighted by Gasteiger charge is 2.33. The van der Waals surface area contributed by atoms with Gasteiger partial charge in [0, 0.05) is 24.7 Å². The quantitative estimate of drug-likeness (QED) is 0.863. The summed E-state index contributed by atoms with van der Waals surface area (Å²) in [5, 5.41) is 3.09. The van der Waals surface area contributed by atoms with Gasteiger partial charge in [-0.15, -0.1) is 0 Å². The molecule has 2 fully saturated rings. The molecule has 2 bridgehead atoms. The van der Waals surface area contributed by atoms with E-state index in [1.165, 1.54) is 12.5 Å². The minimum atomic E-state index is -4.48. The van der Waals surface area contributed by atoms with E-state index in [2.05, 4.69) is 15.2 Å². The van der Waals surface area contributed by atoms with Gasteiger partial charge in [-0.3, -0.25) is 4.79 Å². The Hall–Kier alpha value is -2.61. The van der Waals surface area contributed by atoms with E-state index in [4.69, 9.17) is 4.74 Å². The number of halogens is 3. The molecule has 2 aliphatic rings. The van der Waals surface area contributed by atoms with Crippen LogP contribution in [0.3, 0.4) is 0 Å². The summed E-state index contributed by atoms with van der Waals surface area (Å²) in [6, 6.07) is 8.75. The zero-order valence-corrected chi connectivity index (χ0v) is 15.1. The van der Waals surface area contributed by atoms with Gasteiger partial charge in [0.15, 0.2) is 0 Å². The standard InChI is InChI=1S/C20H20F3N3O2/c21-20(22,23)18-6-5-17(10-24-18)28-16-3-1-14(2-4-16)19(27)25-15-9-13-7-8-26(11-13)12-15/h1-6,10,13,15H,7-9,11-12H2,(H,25,27)/t13-,15+/m0/s1. The van der Waals surface area contributed by atoms with Gasteiger partial charge in [-0.05, 0) is 61.7 Å². The Labute approximate surface area is 160 Å². The van der Waals surface area contributed by atoms with E-state index in [1.807, 2.05) is 0 Å². The van der Waals surface area contributed by atoms with Crippen molar-refractivity contribution in [1.82, 2.24) is 15.2 Å². The van der Waals surface area contributed by atoms with Crippen LogP contribution in [0.1, 0.15) is 28.9 Å². The number of alkyl halides is 3. The van der Waals surface area contributed by atoms with Gasteiger partial charge in [0.1, 0.15) is 17.2 Å². The fourth-order valence-electron chi connectivity index (χ4n) is 3.85. The molecule has 3 atom stereocenters. The van der Waals surface area contributed by atoms with Gasteiger partial charge < -0.3 is 15.0 Å². The van der Waals surface area contributed by atoms with E-state index in [9.17, 15) is 18.0 Å². The summed E-state index contributed by atoms with van der Waals surface area (Å²) in [6.45, 7) is 3.14. The number of hydrogen-bond acceptors (Lipinski definition) is 4. The van der Waals surface area contributed by atoms with Gasteiger partial charge in [0.25, 0.3) is 5.91 Å². The number of piperidine rings is 1. The summed E-state index contributed by atoms with van der Waals surface area (Å²) in [5.41, 5.74) is -0.454. The molecular weight excluding hydrogens is 371 g/mol. The first-order valence-electron chi connectivity index (χ1n) is 9.21. The zero-order valence-electron chi connectivity index (χ0n) is 15.1. The molecule has 2 aromatic rings. The van der Waals surface area contributed by atoms with Crippen LogP contribution in [0.2, 0.25) is 0 Å². The highest BCUT2D eigenvalue weighted by Crippen LogP contribution is 2.30. The van der Waals surface area contributed by atoms with Gasteiger partial charge in [0.05, 0.1) is 6.20 Å². The third-order valence-corrected chi connectivity index (χ3v) is 5.18. The van der Waals surface area contributed by atoms with Crippen molar-refractivity contribution in [3.05, 3.63) is 53.9 Å². The molecule has 5 nitrogen and oxygen atoms in total. The maximum absolute atomic E-state index is 12.5. The predicted octanol–water partition coefficient (Wildman–Crippen LogP) is 3.72. The largest absolute Gasteiger partial charge is 0.456 e. The Balaban J connectivity index is 1.35. The van der Waals surface area contributed by atoms with E-state index in [0.717, 1.165) is 38.3 Å². The molecule has 4 rings (SSSR count). The molecule has 0 spiro atoms. The highest BCUT2D eigenvalue weighted by atomic mass is 19.4. The lowest BCUT2D eigenvalue weighted by atomic mass is 9.96. The Morgan fingerprint density at radius 3 is 2.50 bits per heavy atom. The molecule has 8 heteroatoms. The first-order chi connectivity index (χ1) is 13.4. The summed E-state index contributed by atoms with van der Waals surface area (Å²) < 4.78 is 43.1. The molecule has 1 N–H and O–H groups in total. The number of nitrogens with zero attached hydrogens (tertiary/aromatic N) is 2. The fourth-order valence-corrected chi connectivity index (χ4v) is 3.85. The van der Waals surface area contributed by atoms with E-state index >= 15 is 0 Å². The second-order valence-electron chi connectivity index (χ2n) is 7.32. The highest BCUT2D eigenvalue weighted by molar-refractivity contribution is 5.94. The molecule has 2 aliphatic heterocycles. The average molecular weight is 391 g/mol. The smallest absolute Gasteiger partial charge is 0.433 e. The van der Waals surface area contributed by atoms with Crippen molar-refractivity contribution in [2.24, 2.45) is 5.92 Å². The Bertz CT molecular complexity index is 825. The lowest BCUT2D eigenvalue weighted by Gasteiger charge is -2.30. The van der Waals surface area contributed by atoms with E-state index in [-0.39, 0.29) is 17.7 Å². The molecule has 0 radical (unpaired) electrons. The molecule has 1 aromatic heterocycles. The van der Waals surface area contributed by atoms with Crippen molar-refractivity contribution in [2.45, 2.75) is 25.1 Å². The Morgan fingerprint density at radius 1 is 1.11 bits per heavy atom. The summed E-state index contributed by atoms with van der Waals surface area (Å²) >= 11 is 0. The Morgan fingerprint density at radius 2 is 1.86 bits per heavy atom. The molecule has 148 valence electrons. The number of amides is 1. The number of hydrogen-bond donors (Lipinski definition) is 1. The van der Waals surface area contributed by atoms with Gasteiger partial charge in [-0.25, -0.2) is 4.98 Å². The predicted molar refractivity (Wildman–Crippen MR) is 96.2 cm³/mol. The van der Waals surface area contributed by atoms with Gasteiger partial charge >= 0.3 is 6.18 Å². The SMILES string of the molecule is O=C(N[C@@H]1C[C@@H]2CCN(C2)C1)c1ccc(Oc2ccc(C(F)(F)F)nc2)cc1. The normalized spacial score (nSPS) is 24.0. The second kappa shape index (κ2) is 7.43. The summed E-state index contributed by atoms with van der Waals surface area (Å²) in [6.07, 6.45) is -1.24. The molecule has 1 aromatic carbocycles. The average Bonchev–Trinajstić information content (AvgIpc) is 3.00. The zero-order chi connectivity index (χ0) is 19.7. The fraction of sp³-hybridized carbons (Fsp3) is 0.400. The number of aromatic nitrogens is 1. The molecule has 2 saturated heterocycles. The minimum Gasteiger partial charge on any atom is -0.456 e. The topological polar surface area (TPSA) is 54.5 Å². The first-order valence-corrected chi connectivity index (χ1v) is 9.21. The van der Waals surface area contributed by atoms with Crippen LogP contribution in [-0.4, -0.2) is 41.5 Å². The summed E-state index contributed by atoms with van der Waals surface area (Å²) in [5.74, 6) is 1.15. The number of nitrogens with one attached hydrogen (secondary N) is 1. The van der Waals surface area contributed by atoms with Crippen LogP contribution in [0.4, 0.5) is 13.2 Å². The van der Waals surface area contributed by atoms with Crippen LogP contribution in [0.5, 0.6) is 11.5 Å². The number of pyridine rings is 1. The molecule has 0 saturated carbocycles. The molecule has 1 amide bonds. The molecule has 1 unspecified atom stereocenters. The minimum absolute atomic E-state index is 0.129. The van der Waals surface area contributed by atoms with Crippen molar-refractivity contribution in [3.63, 3.8) is 0 Å². The van der Waals surface area contributed by atoms with E-state index < -0.39 is 11.9 Å². The lowest BCUT2D eigenvalue weighted by Crippen LogP contribution is -2.46. The summed E-state index contributed by atoms with van der Waals surface area (Å²) in [4.78, 5) is 18.2. The van der Waals surface area contributed by atoms with Crippen molar-refractivity contribution in [2.75, 3.05) is 19.6 Å². The maximum Gasteiger partial charge on any atom is 0.433 e.